The van der Waals surface area contributed by atoms with Gasteiger partial charge < -0.3 is 29.7 Å². The Morgan fingerprint density at radius 1 is 1.04 bits per heavy atom. The zero-order valence-corrected chi connectivity index (χ0v) is 27.0. The van der Waals surface area contributed by atoms with Crippen molar-refractivity contribution in [2.45, 2.75) is 68.7 Å². The van der Waals surface area contributed by atoms with E-state index in [4.69, 9.17) is 21.1 Å². The number of aliphatic carboxylic acids is 1. The van der Waals surface area contributed by atoms with Crippen LogP contribution in [0.5, 0.6) is 0 Å². The van der Waals surface area contributed by atoms with Gasteiger partial charge in [-0.2, -0.15) is 0 Å². The van der Waals surface area contributed by atoms with Crippen molar-refractivity contribution < 1.29 is 33.4 Å². The maximum atomic E-state index is 15.5. The van der Waals surface area contributed by atoms with Gasteiger partial charge in [0.2, 0.25) is 11.8 Å². The minimum atomic E-state index is -0.757. The summed E-state index contributed by atoms with van der Waals surface area (Å²) in [4.78, 5) is 44.4. The highest BCUT2D eigenvalue weighted by Gasteiger charge is 2.42. The number of nitrogens with one attached hydrogen (secondary N) is 1. The molecule has 0 radical (unpaired) electrons. The van der Waals surface area contributed by atoms with Crippen molar-refractivity contribution in [3.05, 3.63) is 58.4 Å². The highest BCUT2D eigenvalue weighted by molar-refractivity contribution is 6.33. The molecule has 2 saturated heterocycles. The summed E-state index contributed by atoms with van der Waals surface area (Å²) >= 11 is 6.54. The van der Waals surface area contributed by atoms with Crippen LogP contribution in [0.4, 0.5) is 15.8 Å². The molecule has 0 spiro atoms. The third kappa shape index (κ3) is 6.88. The first-order valence-electron chi connectivity index (χ1n) is 16.1. The number of rotatable bonds is 10. The molecule has 0 aromatic heterocycles. The van der Waals surface area contributed by atoms with Gasteiger partial charge in [0.05, 0.1) is 53.8 Å². The molecule has 3 fully saturated rings. The van der Waals surface area contributed by atoms with E-state index in [0.29, 0.717) is 45.4 Å². The average Bonchev–Trinajstić information content (AvgIpc) is 3.59. The molecular weight excluding hydrogens is 615 g/mol. The molecule has 2 aromatic carbocycles. The van der Waals surface area contributed by atoms with E-state index in [1.54, 1.807) is 12.0 Å². The standard InChI is InChI=1S/C34H42ClFN4O6/c1-38-18-27(26-5-3-4-6-31(26)38)33(42)37-30-14-29(36)21(11-28(30)35)12-32(41)40-15-22(39-16-25(17-39)45-2)13-23(40)19-46-24-9-7-20(8-10-24)34(43)44/h3-6,11,14,20,22-25,27H,7-10,12-13,15-19H2,1-2H3,(H,37,42)(H,43,44)/t20?,22-,23-,24?,27?/m0/s1. The third-order valence-corrected chi connectivity index (χ3v) is 10.5. The molecule has 10 nitrogen and oxygen atoms in total. The number of likely N-dealkylation sites (tertiary alicyclic amines) is 2. The van der Waals surface area contributed by atoms with Crippen LogP contribution in [0.25, 0.3) is 0 Å². The summed E-state index contributed by atoms with van der Waals surface area (Å²) in [6.45, 7) is 2.97. The Balaban J connectivity index is 1.10. The van der Waals surface area contributed by atoms with E-state index in [1.807, 2.05) is 36.2 Å². The van der Waals surface area contributed by atoms with Crippen molar-refractivity contribution >= 4 is 40.8 Å². The summed E-state index contributed by atoms with van der Waals surface area (Å²) in [5, 5.41) is 12.3. The van der Waals surface area contributed by atoms with Crippen LogP contribution in [0, 0.1) is 11.7 Å². The predicted octanol–water partition coefficient (Wildman–Crippen LogP) is 4.15. The van der Waals surface area contributed by atoms with Gasteiger partial charge in [0.25, 0.3) is 0 Å². The molecular formula is C34H42ClFN4O6. The van der Waals surface area contributed by atoms with Gasteiger partial charge in [-0.3, -0.25) is 19.3 Å². The number of hydrogen-bond donors (Lipinski definition) is 2. The molecule has 46 heavy (non-hydrogen) atoms. The topological polar surface area (TPSA) is 112 Å². The summed E-state index contributed by atoms with van der Waals surface area (Å²) in [6.07, 6.45) is 3.24. The Hall–Kier alpha value is -3.25. The summed E-state index contributed by atoms with van der Waals surface area (Å²) in [6, 6.07) is 10.3. The number of benzene rings is 2. The van der Waals surface area contributed by atoms with Crippen molar-refractivity contribution in [3.63, 3.8) is 0 Å². The number of carbonyl (C=O) groups is 3. The van der Waals surface area contributed by atoms with E-state index in [-0.39, 0.29) is 64.7 Å². The van der Waals surface area contributed by atoms with Crippen molar-refractivity contribution in [1.82, 2.24) is 9.80 Å². The second-order valence-corrected chi connectivity index (χ2v) is 13.5. The molecule has 3 atom stereocenters. The fourth-order valence-electron chi connectivity index (χ4n) is 7.39. The van der Waals surface area contributed by atoms with E-state index in [2.05, 4.69) is 10.2 Å². The normalized spacial score (nSPS) is 26.6. The number of nitrogens with zero attached hydrogens (tertiary/aromatic N) is 3. The number of hydrogen-bond acceptors (Lipinski definition) is 7. The molecule has 2 aromatic rings. The quantitative estimate of drug-likeness (QED) is 0.393. The Labute approximate surface area is 273 Å². The summed E-state index contributed by atoms with van der Waals surface area (Å²) in [5.41, 5.74) is 2.23. The van der Waals surface area contributed by atoms with Crippen LogP contribution in [0.2, 0.25) is 5.02 Å². The van der Waals surface area contributed by atoms with Crippen LogP contribution in [0.3, 0.4) is 0 Å². The van der Waals surface area contributed by atoms with E-state index >= 15 is 4.39 Å². The zero-order valence-electron chi connectivity index (χ0n) is 26.3. The van der Waals surface area contributed by atoms with E-state index in [9.17, 15) is 19.5 Å². The molecule has 1 aliphatic carbocycles. The summed E-state index contributed by atoms with van der Waals surface area (Å²) in [7, 11) is 3.63. The number of carboxylic acid groups (broad SMARTS) is 1. The minimum absolute atomic E-state index is 0.0365. The summed E-state index contributed by atoms with van der Waals surface area (Å²) in [5.74, 6) is -2.59. The lowest BCUT2D eigenvalue weighted by molar-refractivity contribution is -0.144. The fraction of sp³-hybridized carbons (Fsp3) is 0.559. The largest absolute Gasteiger partial charge is 0.481 e. The molecule has 2 amide bonds. The second-order valence-electron chi connectivity index (χ2n) is 13.1. The Kier molecular flexibility index (Phi) is 9.84. The van der Waals surface area contributed by atoms with Crippen LogP contribution < -0.4 is 10.2 Å². The van der Waals surface area contributed by atoms with Gasteiger partial charge in [-0.25, -0.2) is 4.39 Å². The molecule has 6 rings (SSSR count). The van der Waals surface area contributed by atoms with Gasteiger partial charge in [0.15, 0.2) is 0 Å². The average molecular weight is 657 g/mol. The highest BCUT2D eigenvalue weighted by atomic mass is 35.5. The summed E-state index contributed by atoms with van der Waals surface area (Å²) < 4.78 is 27.1. The first-order valence-corrected chi connectivity index (χ1v) is 16.5. The van der Waals surface area contributed by atoms with Crippen molar-refractivity contribution in [3.8, 4) is 0 Å². The minimum Gasteiger partial charge on any atom is -0.481 e. The SMILES string of the molecule is COC1CN([C@H]2C[C@@H](COC3CCC(C(=O)O)CC3)N(C(=O)Cc3cc(Cl)c(NC(=O)C4CN(C)c5ccccc54)cc3F)C2)C1. The molecule has 3 heterocycles. The molecule has 2 N–H and O–H groups in total. The lowest BCUT2D eigenvalue weighted by Crippen LogP contribution is -2.56. The number of halogens is 2. The maximum Gasteiger partial charge on any atom is 0.306 e. The monoisotopic (exact) mass is 656 g/mol. The van der Waals surface area contributed by atoms with Gasteiger partial charge in [0, 0.05) is 52.1 Å². The van der Waals surface area contributed by atoms with Crippen molar-refractivity contribution in [2.24, 2.45) is 5.92 Å². The molecule has 0 bridgehead atoms. The van der Waals surface area contributed by atoms with E-state index in [1.165, 1.54) is 12.1 Å². The molecule has 1 saturated carbocycles. The number of carboxylic acids is 1. The Morgan fingerprint density at radius 3 is 2.50 bits per heavy atom. The van der Waals surface area contributed by atoms with Crippen molar-refractivity contribution in [1.29, 1.82) is 0 Å². The number of fused-ring (bicyclic) bond motifs is 1. The Morgan fingerprint density at radius 2 is 1.78 bits per heavy atom. The number of anilines is 2. The fourth-order valence-corrected chi connectivity index (χ4v) is 7.62. The van der Waals surface area contributed by atoms with Gasteiger partial charge in [-0.1, -0.05) is 29.8 Å². The van der Waals surface area contributed by atoms with Crippen LogP contribution in [-0.4, -0.2) is 104 Å². The zero-order chi connectivity index (χ0) is 32.5. The Bertz CT molecular complexity index is 1460. The van der Waals surface area contributed by atoms with Gasteiger partial charge >= 0.3 is 5.97 Å². The molecule has 4 aliphatic rings. The smallest absolute Gasteiger partial charge is 0.306 e. The first kappa shape index (κ1) is 32.7. The number of likely N-dealkylation sites (N-methyl/N-ethyl adjacent to an activating group) is 1. The second kappa shape index (κ2) is 13.9. The van der Waals surface area contributed by atoms with Gasteiger partial charge in [-0.05, 0) is 61.4 Å². The third-order valence-electron chi connectivity index (χ3n) is 10.2. The van der Waals surface area contributed by atoms with Crippen LogP contribution >= 0.6 is 11.6 Å². The molecule has 248 valence electrons. The molecule has 1 unspecified atom stereocenters. The predicted molar refractivity (Wildman–Crippen MR) is 172 cm³/mol. The lowest BCUT2D eigenvalue weighted by Gasteiger charge is -2.42. The van der Waals surface area contributed by atoms with Crippen molar-refractivity contribution in [2.75, 3.05) is 57.2 Å². The number of carbonyl (C=O) groups excluding carboxylic acids is 2. The van der Waals surface area contributed by atoms with Crippen LogP contribution in [0.15, 0.2) is 36.4 Å². The lowest BCUT2D eigenvalue weighted by atomic mass is 9.87. The molecule has 3 aliphatic heterocycles. The molecule has 12 heteroatoms. The van der Waals surface area contributed by atoms with Crippen LogP contribution in [-0.2, 0) is 30.3 Å². The number of para-hydroxylation sites is 1. The van der Waals surface area contributed by atoms with Crippen LogP contribution in [0.1, 0.15) is 49.1 Å². The number of ether oxygens (including phenoxy) is 2. The van der Waals surface area contributed by atoms with E-state index < -0.39 is 17.7 Å². The number of methoxy groups -OCH3 is 1. The van der Waals surface area contributed by atoms with E-state index in [0.717, 1.165) is 30.8 Å². The first-order chi connectivity index (χ1) is 22.1. The van der Waals surface area contributed by atoms with Gasteiger partial charge in [0.1, 0.15) is 5.82 Å². The highest BCUT2D eigenvalue weighted by Crippen LogP contribution is 2.37. The number of amides is 2. The van der Waals surface area contributed by atoms with Gasteiger partial charge in [-0.15, -0.1) is 0 Å². The maximum absolute atomic E-state index is 15.5.